The first kappa shape index (κ1) is 20.3. The van der Waals surface area contributed by atoms with Gasteiger partial charge in [-0.25, -0.2) is 0 Å². The topological polar surface area (TPSA) is 118 Å². The van der Waals surface area contributed by atoms with E-state index in [1.54, 1.807) is 72.8 Å². The van der Waals surface area contributed by atoms with Gasteiger partial charge in [0.1, 0.15) is 23.0 Å². The summed E-state index contributed by atoms with van der Waals surface area (Å²) in [6.45, 7) is 0. The molecule has 154 valence electrons. The van der Waals surface area contributed by atoms with E-state index in [1.165, 1.54) is 0 Å². The van der Waals surface area contributed by atoms with Gasteiger partial charge < -0.3 is 20.9 Å². The van der Waals surface area contributed by atoms with E-state index in [0.717, 1.165) is 11.1 Å². The zero-order valence-corrected chi connectivity index (χ0v) is 16.9. The standard InChI is InChI=1S/C26H18N4O2/c27-15-17-1-7-21(8-2-17)31-25-13-19(29)5-11-23(25)24-12-6-20(30)14-26(24)32-22-9-3-18(16-28)4-10-22/h1-14H,29-30H2. The van der Waals surface area contributed by atoms with E-state index in [1.807, 2.05) is 12.1 Å². The number of nitrogens with two attached hydrogens (primary N) is 2. The summed E-state index contributed by atoms with van der Waals surface area (Å²) in [6.07, 6.45) is 0. The molecule has 4 N–H and O–H groups in total. The van der Waals surface area contributed by atoms with Crippen LogP contribution >= 0.6 is 0 Å². The van der Waals surface area contributed by atoms with Crippen molar-refractivity contribution in [1.29, 1.82) is 10.5 Å². The summed E-state index contributed by atoms with van der Waals surface area (Å²) in [6, 6.07) is 28.5. The van der Waals surface area contributed by atoms with Crippen molar-refractivity contribution in [2.75, 3.05) is 11.5 Å². The molecule has 0 heterocycles. The van der Waals surface area contributed by atoms with Crippen LogP contribution in [0, 0.1) is 22.7 Å². The fourth-order valence-corrected chi connectivity index (χ4v) is 3.14. The smallest absolute Gasteiger partial charge is 0.137 e. The highest BCUT2D eigenvalue weighted by Crippen LogP contribution is 2.41. The summed E-state index contributed by atoms with van der Waals surface area (Å²) < 4.78 is 12.2. The average molecular weight is 418 g/mol. The summed E-state index contributed by atoms with van der Waals surface area (Å²) in [5, 5.41) is 18.0. The summed E-state index contributed by atoms with van der Waals surface area (Å²) in [5.41, 5.74) is 15.7. The highest BCUT2D eigenvalue weighted by Gasteiger charge is 2.15. The number of nitrogens with zero attached hydrogens (tertiary/aromatic N) is 2. The molecule has 0 atom stereocenters. The lowest BCUT2D eigenvalue weighted by molar-refractivity contribution is 0.477. The molecule has 32 heavy (non-hydrogen) atoms. The molecule has 4 aromatic carbocycles. The van der Waals surface area contributed by atoms with Gasteiger partial charge >= 0.3 is 0 Å². The molecule has 4 rings (SSSR count). The van der Waals surface area contributed by atoms with Crippen molar-refractivity contribution in [3.05, 3.63) is 96.1 Å². The number of anilines is 2. The van der Waals surface area contributed by atoms with Gasteiger partial charge in [0.05, 0.1) is 23.3 Å². The monoisotopic (exact) mass is 418 g/mol. The maximum atomic E-state index is 9.00. The van der Waals surface area contributed by atoms with Crippen LogP contribution < -0.4 is 20.9 Å². The number of benzene rings is 4. The van der Waals surface area contributed by atoms with Crippen LogP contribution in [0.2, 0.25) is 0 Å². The third-order valence-electron chi connectivity index (χ3n) is 4.72. The van der Waals surface area contributed by atoms with Gasteiger partial charge in [-0.05, 0) is 72.8 Å². The van der Waals surface area contributed by atoms with Gasteiger partial charge in [-0.1, -0.05) is 0 Å². The second kappa shape index (κ2) is 8.83. The van der Waals surface area contributed by atoms with Crippen molar-refractivity contribution in [2.45, 2.75) is 0 Å². The Kier molecular flexibility index (Phi) is 5.61. The van der Waals surface area contributed by atoms with E-state index in [2.05, 4.69) is 12.1 Å². The first-order valence-corrected chi connectivity index (χ1v) is 9.71. The Balaban J connectivity index is 1.74. The van der Waals surface area contributed by atoms with Crippen molar-refractivity contribution in [3.63, 3.8) is 0 Å². The predicted molar refractivity (Wildman–Crippen MR) is 123 cm³/mol. The van der Waals surface area contributed by atoms with Crippen LogP contribution in [0.15, 0.2) is 84.9 Å². The molecule has 6 heteroatoms. The van der Waals surface area contributed by atoms with Crippen molar-refractivity contribution in [3.8, 4) is 46.3 Å². The van der Waals surface area contributed by atoms with Gasteiger partial charge in [-0.3, -0.25) is 0 Å². The van der Waals surface area contributed by atoms with Crippen LogP contribution in [0.5, 0.6) is 23.0 Å². The molecule has 0 fully saturated rings. The number of rotatable bonds is 5. The number of nitrogen functional groups attached to an aromatic ring is 2. The second-order valence-corrected chi connectivity index (χ2v) is 6.99. The molecule has 4 aromatic rings. The Labute approximate surface area is 185 Å². The van der Waals surface area contributed by atoms with E-state index in [9.17, 15) is 0 Å². The zero-order valence-electron chi connectivity index (χ0n) is 16.9. The van der Waals surface area contributed by atoms with Crippen LogP contribution in [-0.4, -0.2) is 0 Å². The first-order valence-electron chi connectivity index (χ1n) is 9.71. The molecular formula is C26H18N4O2. The Morgan fingerprint density at radius 2 is 0.906 bits per heavy atom. The van der Waals surface area contributed by atoms with Crippen LogP contribution in [0.25, 0.3) is 11.1 Å². The van der Waals surface area contributed by atoms with Crippen molar-refractivity contribution < 1.29 is 9.47 Å². The van der Waals surface area contributed by atoms with Gasteiger partial charge in [0.2, 0.25) is 0 Å². The highest BCUT2D eigenvalue weighted by molar-refractivity contribution is 5.79. The fraction of sp³-hybridized carbons (Fsp3) is 0. The van der Waals surface area contributed by atoms with Crippen molar-refractivity contribution in [2.24, 2.45) is 0 Å². The zero-order chi connectivity index (χ0) is 22.5. The minimum atomic E-state index is 0.532. The summed E-state index contributed by atoms with van der Waals surface area (Å²) in [7, 11) is 0. The summed E-state index contributed by atoms with van der Waals surface area (Å²) >= 11 is 0. The van der Waals surface area contributed by atoms with Gasteiger partial charge in [0.25, 0.3) is 0 Å². The maximum Gasteiger partial charge on any atom is 0.137 e. The Morgan fingerprint density at radius 1 is 0.531 bits per heavy atom. The molecule has 0 saturated carbocycles. The molecule has 0 spiro atoms. The van der Waals surface area contributed by atoms with Crippen molar-refractivity contribution in [1.82, 2.24) is 0 Å². The Morgan fingerprint density at radius 3 is 1.25 bits per heavy atom. The SMILES string of the molecule is N#Cc1ccc(Oc2cc(N)ccc2-c2ccc(N)cc2Oc2ccc(C#N)cc2)cc1. The molecule has 0 amide bonds. The quantitative estimate of drug-likeness (QED) is 0.393. The number of nitriles is 2. The number of hydrogen-bond donors (Lipinski definition) is 2. The molecule has 0 saturated heterocycles. The third kappa shape index (κ3) is 4.46. The number of hydrogen-bond acceptors (Lipinski definition) is 6. The predicted octanol–water partition coefficient (Wildman–Crippen LogP) is 5.85. The van der Waals surface area contributed by atoms with E-state index < -0.39 is 0 Å². The lowest BCUT2D eigenvalue weighted by Gasteiger charge is -2.16. The molecule has 0 bridgehead atoms. The molecule has 0 aliphatic carbocycles. The minimum absolute atomic E-state index is 0.532. The fourth-order valence-electron chi connectivity index (χ4n) is 3.14. The van der Waals surface area contributed by atoms with E-state index >= 15 is 0 Å². The van der Waals surface area contributed by atoms with Crippen LogP contribution in [0.4, 0.5) is 11.4 Å². The van der Waals surface area contributed by atoms with Crippen molar-refractivity contribution >= 4 is 11.4 Å². The average Bonchev–Trinajstić information content (AvgIpc) is 2.81. The van der Waals surface area contributed by atoms with Crippen LogP contribution in [0.3, 0.4) is 0 Å². The van der Waals surface area contributed by atoms with E-state index in [0.29, 0.717) is 45.5 Å². The highest BCUT2D eigenvalue weighted by atomic mass is 16.5. The Bertz CT molecular complexity index is 1240. The van der Waals surface area contributed by atoms with Crippen LogP contribution in [0.1, 0.15) is 11.1 Å². The summed E-state index contributed by atoms with van der Waals surface area (Å²) in [5.74, 6) is 2.20. The molecule has 0 unspecified atom stereocenters. The van der Waals surface area contributed by atoms with Gasteiger partial charge in [-0.15, -0.1) is 0 Å². The lowest BCUT2D eigenvalue weighted by atomic mass is 10.0. The second-order valence-electron chi connectivity index (χ2n) is 6.99. The lowest BCUT2D eigenvalue weighted by Crippen LogP contribution is -1.95. The molecule has 0 aliphatic heterocycles. The molecular weight excluding hydrogens is 400 g/mol. The molecule has 0 radical (unpaired) electrons. The van der Waals surface area contributed by atoms with Gasteiger partial charge in [-0.2, -0.15) is 10.5 Å². The minimum Gasteiger partial charge on any atom is -0.457 e. The Hall–Kier alpha value is -4.94. The van der Waals surface area contributed by atoms with E-state index in [4.69, 9.17) is 31.5 Å². The van der Waals surface area contributed by atoms with Gasteiger partial charge in [0, 0.05) is 34.6 Å². The molecule has 6 nitrogen and oxygen atoms in total. The van der Waals surface area contributed by atoms with E-state index in [-0.39, 0.29) is 0 Å². The van der Waals surface area contributed by atoms with Gasteiger partial charge in [0.15, 0.2) is 0 Å². The normalized spacial score (nSPS) is 10.1. The summed E-state index contributed by atoms with van der Waals surface area (Å²) in [4.78, 5) is 0. The maximum absolute atomic E-state index is 9.00. The van der Waals surface area contributed by atoms with Crippen LogP contribution in [-0.2, 0) is 0 Å². The largest absolute Gasteiger partial charge is 0.457 e. The molecule has 0 aromatic heterocycles. The third-order valence-corrected chi connectivity index (χ3v) is 4.72. The first-order chi connectivity index (χ1) is 15.6. The number of ether oxygens (including phenoxy) is 2. The molecule has 0 aliphatic rings.